The summed E-state index contributed by atoms with van der Waals surface area (Å²) in [5, 5.41) is 17.5. The van der Waals surface area contributed by atoms with E-state index in [-0.39, 0.29) is 10.8 Å². The number of amides is 2. The Hall–Kier alpha value is -4.63. The Morgan fingerprint density at radius 1 is 1.27 bits per heavy atom. The first-order valence-corrected chi connectivity index (χ1v) is 15.4. The number of aryl methyl sites for hydroxylation is 1. The second-order valence-corrected chi connectivity index (χ2v) is 12.0. The summed E-state index contributed by atoms with van der Waals surface area (Å²) in [7, 11) is -5.01. The number of nitrogen functional groups attached to an aromatic ring is 1. The summed E-state index contributed by atoms with van der Waals surface area (Å²) in [5.74, 6) is -3.15. The highest BCUT2D eigenvalue weighted by molar-refractivity contribution is 7.80. The Bertz CT molecular complexity index is 1690. The normalized spacial score (nSPS) is 17.0. The molecule has 4 rings (SSSR count). The summed E-state index contributed by atoms with van der Waals surface area (Å²) in [5.41, 5.74) is 10.7. The van der Waals surface area contributed by atoms with Crippen LogP contribution >= 0.6 is 11.3 Å². The minimum atomic E-state index is -5.01. The number of carboxylic acid groups (broad SMARTS) is 1. The molecule has 2 aromatic heterocycles. The summed E-state index contributed by atoms with van der Waals surface area (Å²) in [6.45, 7) is 3.52. The van der Waals surface area contributed by atoms with Crippen LogP contribution in [0.5, 0.6) is 5.75 Å². The van der Waals surface area contributed by atoms with Gasteiger partial charge < -0.3 is 36.0 Å². The number of carboxylic acids is 1. The lowest BCUT2D eigenvalue weighted by molar-refractivity contribution is -0.218. The molecular weight excluding hydrogens is 636 g/mol. The molecule has 1 aliphatic heterocycles. The Balaban J connectivity index is 1.44. The molecule has 242 valence electrons. The number of hydrogen-bond donors (Lipinski definition) is 5. The van der Waals surface area contributed by atoms with Gasteiger partial charge in [-0.15, -0.1) is 15.6 Å². The lowest BCUT2D eigenvalue weighted by Crippen LogP contribution is -2.76. The average Bonchev–Trinajstić information content (AvgIpc) is 3.64. The minimum Gasteiger partial charge on any atom is -0.489 e. The number of β-lactam (4-membered cyclic amide) rings is 1. The van der Waals surface area contributed by atoms with Gasteiger partial charge in [-0.25, -0.2) is 14.8 Å². The third kappa shape index (κ3) is 8.10. The molecule has 1 aliphatic rings. The van der Waals surface area contributed by atoms with Crippen molar-refractivity contribution in [1.82, 2.24) is 24.9 Å². The van der Waals surface area contributed by atoms with E-state index in [0.717, 1.165) is 35.6 Å². The van der Waals surface area contributed by atoms with Crippen LogP contribution < -0.4 is 21.5 Å². The Labute approximate surface area is 260 Å². The number of imidazole rings is 1. The molecule has 0 radical (unpaired) electrons. The third-order valence-corrected chi connectivity index (χ3v) is 7.46. The van der Waals surface area contributed by atoms with Crippen molar-refractivity contribution in [1.29, 1.82) is 0 Å². The number of thiazole rings is 1. The minimum absolute atomic E-state index is 0.0576. The highest BCUT2D eigenvalue weighted by Crippen LogP contribution is 2.33. The zero-order chi connectivity index (χ0) is 32.9. The first-order valence-electron chi connectivity index (χ1n) is 13.1. The molecule has 18 nitrogen and oxygen atoms in total. The van der Waals surface area contributed by atoms with Crippen molar-refractivity contribution < 1.29 is 46.3 Å². The zero-order valence-electron chi connectivity index (χ0n) is 23.9. The SMILES string of the molecule is CC1(C)[C@H](NC(=O)/C(=N\OC(COc2ccc(-c3cn(CCCN)cn3)cc2)C(=O)O)c2csc(N)n2)C(=O)N1OS(=O)(=O)O. The fourth-order valence-corrected chi connectivity index (χ4v) is 5.08. The van der Waals surface area contributed by atoms with Crippen LogP contribution in [-0.4, -0.2) is 92.0 Å². The topological polar surface area (TPSA) is 264 Å². The van der Waals surface area contributed by atoms with Crippen molar-refractivity contribution in [3.8, 4) is 17.0 Å². The van der Waals surface area contributed by atoms with Crippen molar-refractivity contribution in [2.75, 3.05) is 18.9 Å². The number of nitrogens with two attached hydrogens (primary N) is 2. The molecule has 45 heavy (non-hydrogen) atoms. The Morgan fingerprint density at radius 2 is 1.98 bits per heavy atom. The van der Waals surface area contributed by atoms with Crippen LogP contribution in [0.2, 0.25) is 0 Å². The number of hydrogen-bond acceptors (Lipinski definition) is 14. The highest BCUT2D eigenvalue weighted by atomic mass is 32.3. The quantitative estimate of drug-likeness (QED) is 0.0620. The number of aromatic nitrogens is 3. The van der Waals surface area contributed by atoms with Gasteiger partial charge in [0.2, 0.25) is 0 Å². The van der Waals surface area contributed by atoms with Crippen LogP contribution in [-0.2, 0) is 40.4 Å². The largest absolute Gasteiger partial charge is 0.489 e. The number of hydroxylamine groups is 2. The van der Waals surface area contributed by atoms with Crippen molar-refractivity contribution in [2.24, 2.45) is 10.9 Å². The van der Waals surface area contributed by atoms with Crippen LogP contribution in [0.15, 0.2) is 47.3 Å². The number of benzene rings is 1. The maximum atomic E-state index is 13.2. The first kappa shape index (κ1) is 33.3. The molecule has 0 saturated carbocycles. The molecule has 0 spiro atoms. The molecule has 2 atom stereocenters. The molecule has 2 amide bonds. The van der Waals surface area contributed by atoms with Crippen LogP contribution in [0, 0.1) is 0 Å². The fourth-order valence-electron chi connectivity index (χ4n) is 4.08. The van der Waals surface area contributed by atoms with Crippen LogP contribution in [0.25, 0.3) is 11.3 Å². The van der Waals surface area contributed by atoms with Crippen molar-refractivity contribution in [2.45, 2.75) is 44.5 Å². The molecule has 1 aromatic carbocycles. The van der Waals surface area contributed by atoms with Crippen LogP contribution in [0.1, 0.15) is 26.0 Å². The number of ether oxygens (including phenoxy) is 1. The molecule has 0 aliphatic carbocycles. The van der Waals surface area contributed by atoms with Gasteiger partial charge in [0.15, 0.2) is 10.8 Å². The molecule has 7 N–H and O–H groups in total. The zero-order valence-corrected chi connectivity index (χ0v) is 25.5. The third-order valence-electron chi connectivity index (χ3n) is 6.45. The maximum absolute atomic E-state index is 13.2. The lowest BCUT2D eigenvalue weighted by atomic mass is 9.84. The highest BCUT2D eigenvalue weighted by Gasteiger charge is 2.58. The van der Waals surface area contributed by atoms with E-state index in [1.807, 2.05) is 10.8 Å². The summed E-state index contributed by atoms with van der Waals surface area (Å²) in [6.07, 6.45) is 2.72. The number of carbonyl (C=O) groups excluding carboxylic acids is 2. The van der Waals surface area contributed by atoms with E-state index in [4.69, 9.17) is 25.6 Å². The van der Waals surface area contributed by atoms with Gasteiger partial charge in [-0.3, -0.25) is 14.1 Å². The number of nitrogens with zero attached hydrogens (tertiary/aromatic N) is 5. The van der Waals surface area contributed by atoms with E-state index in [9.17, 15) is 27.9 Å². The monoisotopic (exact) mass is 666 g/mol. The van der Waals surface area contributed by atoms with E-state index in [0.29, 0.717) is 17.4 Å². The number of rotatable bonds is 15. The number of nitrogens with one attached hydrogen (secondary N) is 1. The predicted molar refractivity (Wildman–Crippen MR) is 158 cm³/mol. The second-order valence-electron chi connectivity index (χ2n) is 10.1. The van der Waals surface area contributed by atoms with Gasteiger partial charge in [0.25, 0.3) is 17.9 Å². The van der Waals surface area contributed by atoms with Gasteiger partial charge in [0.1, 0.15) is 24.1 Å². The van der Waals surface area contributed by atoms with E-state index >= 15 is 0 Å². The van der Waals surface area contributed by atoms with E-state index in [2.05, 4.69) is 24.7 Å². The molecule has 0 bridgehead atoms. The van der Waals surface area contributed by atoms with E-state index in [1.165, 1.54) is 19.2 Å². The standard InChI is InChI=1S/C25H30N8O10S2/c1-25(2)20(22(35)33(25)43-45(38,39)40)30-21(34)19(17-12-44-24(27)29-17)31-42-18(23(36)37)11-41-15-6-4-14(5-7-15)16-10-32(13-28-16)9-3-8-26/h4-7,10,12-13,18,20H,3,8-9,11,26H2,1-2H3,(H2,27,29)(H,30,34)(H,36,37)(H,38,39,40)/b31-19-/t18?,20-/m1/s1. The molecule has 3 aromatic rings. The van der Waals surface area contributed by atoms with Gasteiger partial charge in [0, 0.05) is 23.7 Å². The molecule has 20 heteroatoms. The van der Waals surface area contributed by atoms with Gasteiger partial charge in [-0.2, -0.15) is 13.5 Å². The summed E-state index contributed by atoms with van der Waals surface area (Å²) < 4.78 is 42.9. The summed E-state index contributed by atoms with van der Waals surface area (Å²) in [6, 6.07) is 5.43. The predicted octanol–water partition coefficient (Wildman–Crippen LogP) is 0.0305. The fraction of sp³-hybridized carbons (Fsp3) is 0.360. The summed E-state index contributed by atoms with van der Waals surface area (Å²) >= 11 is 0.957. The van der Waals surface area contributed by atoms with Gasteiger partial charge in [-0.05, 0) is 51.1 Å². The van der Waals surface area contributed by atoms with Crippen LogP contribution in [0.4, 0.5) is 5.13 Å². The Morgan fingerprint density at radius 3 is 2.56 bits per heavy atom. The van der Waals surface area contributed by atoms with Crippen molar-refractivity contribution in [3.05, 3.63) is 47.9 Å². The molecule has 1 unspecified atom stereocenters. The van der Waals surface area contributed by atoms with Gasteiger partial charge in [-0.1, -0.05) is 5.16 Å². The first-order chi connectivity index (χ1) is 21.2. The number of carbonyl (C=O) groups is 3. The molecular formula is C25H30N8O10S2. The van der Waals surface area contributed by atoms with E-state index < -0.39 is 58.2 Å². The summed E-state index contributed by atoms with van der Waals surface area (Å²) in [4.78, 5) is 51.1. The second kappa shape index (κ2) is 13.6. The number of aliphatic carboxylic acids is 1. The molecule has 1 saturated heterocycles. The average molecular weight is 667 g/mol. The van der Waals surface area contributed by atoms with E-state index in [1.54, 1.807) is 30.6 Å². The number of anilines is 1. The Kier molecular flexibility index (Phi) is 10.0. The molecule has 1 fully saturated rings. The van der Waals surface area contributed by atoms with Gasteiger partial charge >= 0.3 is 16.4 Å². The lowest BCUT2D eigenvalue weighted by Gasteiger charge is -2.50. The van der Waals surface area contributed by atoms with Crippen LogP contribution in [0.3, 0.4) is 0 Å². The van der Waals surface area contributed by atoms with Gasteiger partial charge in [0.05, 0.1) is 17.6 Å². The maximum Gasteiger partial charge on any atom is 0.418 e. The van der Waals surface area contributed by atoms with Crippen molar-refractivity contribution >= 4 is 50.4 Å². The number of oxime groups is 1. The van der Waals surface area contributed by atoms with Crippen molar-refractivity contribution in [3.63, 3.8) is 0 Å². The smallest absolute Gasteiger partial charge is 0.418 e. The molecule has 3 heterocycles.